The maximum absolute atomic E-state index is 5.77. The van der Waals surface area contributed by atoms with Crippen molar-refractivity contribution in [2.75, 3.05) is 12.0 Å². The first kappa shape index (κ1) is 14.9. The van der Waals surface area contributed by atoms with Crippen molar-refractivity contribution in [3.63, 3.8) is 0 Å². The molecule has 0 aliphatic carbocycles. The molecule has 0 saturated heterocycles. The predicted molar refractivity (Wildman–Crippen MR) is 86.8 cm³/mol. The maximum atomic E-state index is 5.77. The van der Waals surface area contributed by atoms with Gasteiger partial charge in [-0.25, -0.2) is 5.43 Å². The molecule has 20 heavy (non-hydrogen) atoms. The number of para-hydroxylation sites is 1. The summed E-state index contributed by atoms with van der Waals surface area (Å²) in [5.74, 6) is 0.920. The van der Waals surface area contributed by atoms with Gasteiger partial charge >= 0.3 is 0 Å². The summed E-state index contributed by atoms with van der Waals surface area (Å²) in [6.45, 7) is 3.53. The van der Waals surface area contributed by atoms with Crippen LogP contribution in [0.1, 0.15) is 18.9 Å². The number of hydrogen-bond acceptors (Lipinski definition) is 3. The Morgan fingerprint density at radius 2 is 1.90 bits per heavy atom. The second kappa shape index (κ2) is 7.92. The molecule has 2 aromatic carbocycles. The van der Waals surface area contributed by atoms with Crippen LogP contribution in [-0.4, -0.2) is 6.61 Å². The van der Waals surface area contributed by atoms with E-state index in [1.165, 1.54) is 0 Å². The lowest BCUT2D eigenvalue weighted by Gasteiger charge is -2.13. The van der Waals surface area contributed by atoms with E-state index in [0.717, 1.165) is 34.5 Å². The molecule has 0 saturated carbocycles. The molecule has 0 aliphatic rings. The standard InChI is InChI=1S/C16H19BrN2O/c1-2-10-20-16-11-14(17)9-8-13(16)12-18-19-15-6-4-3-5-7-15/h3-9,11,18-19H,2,10,12H2,1H3. The van der Waals surface area contributed by atoms with Crippen LogP contribution in [0.3, 0.4) is 0 Å². The molecule has 0 fully saturated rings. The molecule has 2 rings (SSSR count). The van der Waals surface area contributed by atoms with Gasteiger partial charge in [0.15, 0.2) is 0 Å². The van der Waals surface area contributed by atoms with E-state index >= 15 is 0 Å². The summed E-state index contributed by atoms with van der Waals surface area (Å²) < 4.78 is 6.80. The predicted octanol–water partition coefficient (Wildman–Crippen LogP) is 4.35. The van der Waals surface area contributed by atoms with Crippen LogP contribution in [0.5, 0.6) is 5.75 Å². The third kappa shape index (κ3) is 4.54. The zero-order valence-electron chi connectivity index (χ0n) is 11.5. The molecule has 0 aliphatic heterocycles. The van der Waals surface area contributed by atoms with Crippen molar-refractivity contribution >= 4 is 21.6 Å². The SMILES string of the molecule is CCCOc1cc(Br)ccc1CNNc1ccccc1. The van der Waals surface area contributed by atoms with E-state index in [4.69, 9.17) is 4.74 Å². The molecule has 3 nitrogen and oxygen atoms in total. The van der Waals surface area contributed by atoms with Crippen LogP contribution in [0, 0.1) is 0 Å². The first-order chi connectivity index (χ1) is 9.79. The lowest BCUT2D eigenvalue weighted by atomic mass is 10.2. The topological polar surface area (TPSA) is 33.3 Å². The van der Waals surface area contributed by atoms with E-state index in [1.54, 1.807) is 0 Å². The quantitative estimate of drug-likeness (QED) is 0.738. The number of hydrazine groups is 1. The average molecular weight is 335 g/mol. The largest absolute Gasteiger partial charge is 0.493 e. The van der Waals surface area contributed by atoms with Gasteiger partial charge in [0.25, 0.3) is 0 Å². The van der Waals surface area contributed by atoms with Crippen molar-refractivity contribution < 1.29 is 4.74 Å². The third-order valence-corrected chi connectivity index (χ3v) is 3.27. The molecular weight excluding hydrogens is 316 g/mol. The molecule has 0 amide bonds. The van der Waals surface area contributed by atoms with Crippen molar-refractivity contribution in [3.8, 4) is 5.75 Å². The summed E-state index contributed by atoms with van der Waals surface area (Å²) in [7, 11) is 0. The highest BCUT2D eigenvalue weighted by Crippen LogP contribution is 2.24. The molecule has 0 unspecified atom stereocenters. The van der Waals surface area contributed by atoms with Crippen LogP contribution in [-0.2, 0) is 6.54 Å². The van der Waals surface area contributed by atoms with Gasteiger partial charge in [0.2, 0.25) is 0 Å². The third-order valence-electron chi connectivity index (χ3n) is 2.78. The summed E-state index contributed by atoms with van der Waals surface area (Å²) in [5.41, 5.74) is 8.55. The van der Waals surface area contributed by atoms with Crippen LogP contribution in [0.2, 0.25) is 0 Å². The fourth-order valence-electron chi connectivity index (χ4n) is 1.78. The Labute approximate surface area is 128 Å². The van der Waals surface area contributed by atoms with Gasteiger partial charge in [-0.1, -0.05) is 47.1 Å². The van der Waals surface area contributed by atoms with E-state index in [9.17, 15) is 0 Å². The molecular formula is C16H19BrN2O. The lowest BCUT2D eigenvalue weighted by molar-refractivity contribution is 0.313. The van der Waals surface area contributed by atoms with Gasteiger partial charge in [-0.05, 0) is 30.7 Å². The summed E-state index contributed by atoms with van der Waals surface area (Å²) >= 11 is 3.48. The van der Waals surface area contributed by atoms with Crippen LogP contribution >= 0.6 is 15.9 Å². The molecule has 2 N–H and O–H groups in total. The average Bonchev–Trinajstić information content (AvgIpc) is 2.48. The number of anilines is 1. The second-order valence-electron chi connectivity index (χ2n) is 4.45. The lowest BCUT2D eigenvalue weighted by Crippen LogP contribution is -2.21. The van der Waals surface area contributed by atoms with Crippen LogP contribution < -0.4 is 15.6 Å². The van der Waals surface area contributed by atoms with Crippen LogP contribution in [0.25, 0.3) is 0 Å². The van der Waals surface area contributed by atoms with E-state index in [0.29, 0.717) is 6.54 Å². The molecule has 0 atom stereocenters. The highest BCUT2D eigenvalue weighted by Gasteiger charge is 2.04. The van der Waals surface area contributed by atoms with Crippen molar-refractivity contribution in [3.05, 3.63) is 58.6 Å². The first-order valence-electron chi connectivity index (χ1n) is 6.74. The van der Waals surface area contributed by atoms with Gasteiger partial charge in [-0.2, -0.15) is 0 Å². The Balaban J connectivity index is 1.94. The minimum atomic E-state index is 0.696. The summed E-state index contributed by atoms with van der Waals surface area (Å²) in [6.07, 6.45) is 1.00. The summed E-state index contributed by atoms with van der Waals surface area (Å²) in [4.78, 5) is 0. The van der Waals surface area contributed by atoms with Gasteiger partial charge in [0.1, 0.15) is 5.75 Å². The number of hydrogen-bond donors (Lipinski definition) is 2. The monoisotopic (exact) mass is 334 g/mol. The molecule has 0 bridgehead atoms. The molecule has 0 aromatic heterocycles. The molecule has 0 radical (unpaired) electrons. The van der Waals surface area contributed by atoms with Crippen molar-refractivity contribution in [2.45, 2.75) is 19.9 Å². The zero-order valence-corrected chi connectivity index (χ0v) is 13.1. The van der Waals surface area contributed by atoms with E-state index in [1.807, 2.05) is 42.5 Å². The Morgan fingerprint density at radius 3 is 2.65 bits per heavy atom. The highest BCUT2D eigenvalue weighted by molar-refractivity contribution is 9.10. The van der Waals surface area contributed by atoms with Crippen LogP contribution in [0.4, 0.5) is 5.69 Å². The molecule has 106 valence electrons. The van der Waals surface area contributed by atoms with Gasteiger partial charge in [0.05, 0.1) is 6.61 Å². The van der Waals surface area contributed by atoms with Gasteiger partial charge in [0, 0.05) is 22.3 Å². The number of benzene rings is 2. The van der Waals surface area contributed by atoms with Gasteiger partial charge in [-0.3, -0.25) is 0 Å². The molecule has 0 spiro atoms. The van der Waals surface area contributed by atoms with E-state index in [2.05, 4.69) is 39.8 Å². The fourth-order valence-corrected chi connectivity index (χ4v) is 2.12. The van der Waals surface area contributed by atoms with E-state index in [-0.39, 0.29) is 0 Å². The number of halogens is 1. The molecule has 4 heteroatoms. The normalized spacial score (nSPS) is 10.3. The summed E-state index contributed by atoms with van der Waals surface area (Å²) in [5, 5.41) is 0. The van der Waals surface area contributed by atoms with E-state index < -0.39 is 0 Å². The van der Waals surface area contributed by atoms with Crippen molar-refractivity contribution in [1.82, 2.24) is 5.43 Å². The smallest absolute Gasteiger partial charge is 0.124 e. The first-order valence-corrected chi connectivity index (χ1v) is 7.54. The Bertz CT molecular complexity index is 531. The zero-order chi connectivity index (χ0) is 14.2. The minimum Gasteiger partial charge on any atom is -0.493 e. The Kier molecular flexibility index (Phi) is 5.89. The van der Waals surface area contributed by atoms with Crippen LogP contribution in [0.15, 0.2) is 53.0 Å². The summed E-state index contributed by atoms with van der Waals surface area (Å²) in [6, 6.07) is 16.1. The fraction of sp³-hybridized carbons (Fsp3) is 0.250. The Hall–Kier alpha value is -1.52. The number of ether oxygens (including phenoxy) is 1. The highest BCUT2D eigenvalue weighted by atomic mass is 79.9. The number of rotatable bonds is 7. The molecule has 0 heterocycles. The minimum absolute atomic E-state index is 0.696. The van der Waals surface area contributed by atoms with Crippen molar-refractivity contribution in [2.24, 2.45) is 0 Å². The Morgan fingerprint density at radius 1 is 1.10 bits per heavy atom. The maximum Gasteiger partial charge on any atom is 0.124 e. The molecule has 2 aromatic rings. The van der Waals surface area contributed by atoms with Gasteiger partial charge in [-0.15, -0.1) is 0 Å². The number of nitrogens with one attached hydrogen (secondary N) is 2. The van der Waals surface area contributed by atoms with Gasteiger partial charge < -0.3 is 10.2 Å². The second-order valence-corrected chi connectivity index (χ2v) is 5.36. The van der Waals surface area contributed by atoms with Crippen molar-refractivity contribution in [1.29, 1.82) is 0 Å².